The van der Waals surface area contributed by atoms with E-state index in [2.05, 4.69) is 6.58 Å². The quantitative estimate of drug-likeness (QED) is 0.512. The Morgan fingerprint density at radius 2 is 1.70 bits per heavy atom. The van der Waals surface area contributed by atoms with Crippen LogP contribution in [0.4, 0.5) is 0 Å². The molecule has 1 aliphatic carbocycles. The van der Waals surface area contributed by atoms with Crippen LogP contribution in [-0.4, -0.2) is 0 Å². The van der Waals surface area contributed by atoms with Crippen LogP contribution in [0.25, 0.3) is 0 Å². The molecular weight excluding hydrogens is 120 g/mol. The summed E-state index contributed by atoms with van der Waals surface area (Å²) >= 11 is 0. The highest BCUT2D eigenvalue weighted by atomic mass is 13.9. The highest BCUT2D eigenvalue weighted by molar-refractivity contribution is 5.36. The predicted octanol–water partition coefficient (Wildman–Crippen LogP) is 2.78. The van der Waals surface area contributed by atoms with E-state index in [1.807, 2.05) is 48.6 Å². The molecule has 0 aromatic heterocycles. The lowest BCUT2D eigenvalue weighted by molar-refractivity contribution is 1.67. The van der Waals surface area contributed by atoms with Crippen LogP contribution in [0.1, 0.15) is 0 Å². The second-order valence-corrected chi connectivity index (χ2v) is 2.00. The summed E-state index contributed by atoms with van der Waals surface area (Å²) in [6.07, 6.45) is 15.8. The van der Waals surface area contributed by atoms with Crippen LogP contribution < -0.4 is 0 Å². The summed E-state index contributed by atoms with van der Waals surface area (Å²) in [5, 5.41) is 0. The molecule has 10 heavy (non-hydrogen) atoms. The van der Waals surface area contributed by atoms with Gasteiger partial charge in [-0.15, -0.1) is 0 Å². The van der Waals surface area contributed by atoms with Crippen LogP contribution in [0.3, 0.4) is 0 Å². The van der Waals surface area contributed by atoms with Crippen molar-refractivity contribution in [3.05, 3.63) is 60.8 Å². The summed E-state index contributed by atoms with van der Waals surface area (Å²) in [4.78, 5) is 0. The molecule has 0 radical (unpaired) electrons. The number of hydrogen-bond acceptors (Lipinski definition) is 0. The second kappa shape index (κ2) is 3.67. The van der Waals surface area contributed by atoms with Crippen LogP contribution in [0.15, 0.2) is 60.8 Å². The molecule has 0 heterocycles. The molecule has 0 fully saturated rings. The summed E-state index contributed by atoms with van der Waals surface area (Å²) in [5.41, 5.74) is 1.14. The van der Waals surface area contributed by atoms with Crippen molar-refractivity contribution in [2.24, 2.45) is 0 Å². The number of allylic oxidation sites excluding steroid dienone is 9. The Kier molecular flexibility index (Phi) is 2.50. The lowest BCUT2D eigenvalue weighted by atomic mass is 10.2. The Bertz CT molecular complexity index is 224. The van der Waals surface area contributed by atoms with E-state index in [4.69, 9.17) is 0 Å². The molecule has 0 atom stereocenters. The first-order valence-electron chi connectivity index (χ1n) is 3.27. The average molecular weight is 130 g/mol. The third kappa shape index (κ3) is 1.90. The van der Waals surface area contributed by atoms with Gasteiger partial charge in [-0.25, -0.2) is 0 Å². The third-order valence-electron chi connectivity index (χ3n) is 1.26. The molecule has 0 N–H and O–H groups in total. The van der Waals surface area contributed by atoms with Crippen molar-refractivity contribution < 1.29 is 0 Å². The van der Waals surface area contributed by atoms with E-state index in [9.17, 15) is 0 Å². The van der Waals surface area contributed by atoms with E-state index in [1.165, 1.54) is 0 Å². The van der Waals surface area contributed by atoms with Crippen LogP contribution >= 0.6 is 0 Å². The molecule has 0 aromatic carbocycles. The third-order valence-corrected chi connectivity index (χ3v) is 1.26. The number of hydrogen-bond donors (Lipinski definition) is 0. The summed E-state index contributed by atoms with van der Waals surface area (Å²) in [5.74, 6) is 0. The molecule has 0 unspecified atom stereocenters. The van der Waals surface area contributed by atoms with Gasteiger partial charge in [0.1, 0.15) is 0 Å². The molecule has 50 valence electrons. The van der Waals surface area contributed by atoms with Gasteiger partial charge >= 0.3 is 0 Å². The second-order valence-electron chi connectivity index (χ2n) is 2.00. The maximum atomic E-state index is 3.68. The Labute approximate surface area is 61.6 Å². The minimum absolute atomic E-state index is 1.14. The average Bonchev–Trinajstić information content (AvgIpc) is 1.87. The van der Waals surface area contributed by atoms with Crippen LogP contribution in [0, 0.1) is 0 Å². The van der Waals surface area contributed by atoms with Crippen molar-refractivity contribution in [2.75, 3.05) is 0 Å². The molecule has 0 bridgehead atoms. The first-order chi connectivity index (χ1) is 4.93. The Morgan fingerprint density at radius 1 is 1.00 bits per heavy atom. The Morgan fingerprint density at radius 3 is 2.50 bits per heavy atom. The van der Waals surface area contributed by atoms with E-state index in [0.29, 0.717) is 0 Å². The van der Waals surface area contributed by atoms with Crippen molar-refractivity contribution in [2.45, 2.75) is 0 Å². The summed E-state index contributed by atoms with van der Waals surface area (Å²) in [6.45, 7) is 3.68. The molecule has 0 aromatic rings. The number of rotatable bonds is 1. The zero-order valence-corrected chi connectivity index (χ0v) is 5.83. The van der Waals surface area contributed by atoms with Gasteiger partial charge in [0, 0.05) is 0 Å². The van der Waals surface area contributed by atoms with E-state index >= 15 is 0 Å². The molecule has 0 nitrogen and oxygen atoms in total. The summed E-state index contributed by atoms with van der Waals surface area (Å²) in [7, 11) is 0. The topological polar surface area (TPSA) is 0 Å². The minimum Gasteiger partial charge on any atom is -0.0985 e. The van der Waals surface area contributed by atoms with E-state index < -0.39 is 0 Å². The fourth-order valence-corrected chi connectivity index (χ4v) is 0.717. The summed E-state index contributed by atoms with van der Waals surface area (Å²) in [6, 6.07) is 0. The molecule has 0 amide bonds. The molecule has 1 rings (SSSR count). The van der Waals surface area contributed by atoms with Gasteiger partial charge in [-0.2, -0.15) is 0 Å². The van der Waals surface area contributed by atoms with E-state index in [1.54, 1.807) is 0 Å². The van der Waals surface area contributed by atoms with E-state index in [-0.39, 0.29) is 0 Å². The monoisotopic (exact) mass is 130 g/mol. The van der Waals surface area contributed by atoms with E-state index in [0.717, 1.165) is 5.57 Å². The van der Waals surface area contributed by atoms with Gasteiger partial charge in [0.25, 0.3) is 0 Å². The molecular formula is C10H10. The van der Waals surface area contributed by atoms with Crippen molar-refractivity contribution in [3.63, 3.8) is 0 Å². The maximum absolute atomic E-state index is 3.68. The predicted molar refractivity (Wildman–Crippen MR) is 45.7 cm³/mol. The largest absolute Gasteiger partial charge is 0.0985 e. The van der Waals surface area contributed by atoms with Gasteiger partial charge in [0.15, 0.2) is 0 Å². The lowest BCUT2D eigenvalue weighted by Crippen LogP contribution is -1.69. The summed E-state index contributed by atoms with van der Waals surface area (Å²) < 4.78 is 0. The zero-order valence-electron chi connectivity index (χ0n) is 5.83. The van der Waals surface area contributed by atoms with Gasteiger partial charge in [-0.3, -0.25) is 0 Å². The first kappa shape index (κ1) is 6.81. The van der Waals surface area contributed by atoms with Gasteiger partial charge in [-0.05, 0) is 5.57 Å². The fraction of sp³-hybridized carbons (Fsp3) is 0. The maximum Gasteiger partial charge on any atom is -0.0263 e. The SMILES string of the molecule is C=CC1=CC=CC=CC=C1. The Balaban J connectivity index is 2.82. The standard InChI is InChI=1S/C10H10/c1-2-10-8-6-4-3-5-7-9-10/h2-9H,1H2. The fourth-order valence-electron chi connectivity index (χ4n) is 0.717. The zero-order chi connectivity index (χ0) is 7.23. The van der Waals surface area contributed by atoms with Crippen molar-refractivity contribution >= 4 is 0 Å². The Hall–Kier alpha value is -1.30. The van der Waals surface area contributed by atoms with Gasteiger partial charge < -0.3 is 0 Å². The van der Waals surface area contributed by atoms with Crippen LogP contribution in [0.5, 0.6) is 0 Å². The van der Waals surface area contributed by atoms with Crippen LogP contribution in [0.2, 0.25) is 0 Å². The molecule has 0 aliphatic heterocycles. The van der Waals surface area contributed by atoms with Crippen molar-refractivity contribution in [1.82, 2.24) is 0 Å². The van der Waals surface area contributed by atoms with Crippen LogP contribution in [-0.2, 0) is 0 Å². The highest BCUT2D eigenvalue weighted by Gasteiger charge is 1.80. The van der Waals surface area contributed by atoms with Gasteiger partial charge in [-0.1, -0.05) is 55.2 Å². The van der Waals surface area contributed by atoms with Gasteiger partial charge in [0.2, 0.25) is 0 Å². The van der Waals surface area contributed by atoms with Crippen molar-refractivity contribution in [1.29, 1.82) is 0 Å². The normalized spacial score (nSPS) is 15.8. The smallest absolute Gasteiger partial charge is 0.0263 e. The van der Waals surface area contributed by atoms with Gasteiger partial charge in [0.05, 0.1) is 0 Å². The minimum atomic E-state index is 1.14. The van der Waals surface area contributed by atoms with Crippen molar-refractivity contribution in [3.8, 4) is 0 Å². The lowest BCUT2D eigenvalue weighted by Gasteiger charge is -1.89. The molecule has 0 saturated heterocycles. The highest BCUT2D eigenvalue weighted by Crippen LogP contribution is 2.00. The molecule has 1 aliphatic rings. The molecule has 0 spiro atoms. The first-order valence-corrected chi connectivity index (χ1v) is 3.27. The molecule has 0 saturated carbocycles. The molecule has 0 heteroatoms.